The summed E-state index contributed by atoms with van der Waals surface area (Å²) >= 11 is 0. The van der Waals surface area contributed by atoms with E-state index in [9.17, 15) is 21.6 Å². The first-order chi connectivity index (χ1) is 6.12. The van der Waals surface area contributed by atoms with Crippen molar-refractivity contribution in [1.82, 2.24) is 0 Å². The first kappa shape index (κ1) is 13.7. The van der Waals surface area contributed by atoms with Gasteiger partial charge in [-0.3, -0.25) is 4.18 Å². The smallest absolute Gasteiger partial charge is 0.260 e. The molecule has 0 saturated heterocycles. The molecular formula is C7H13F3O3S. The summed E-state index contributed by atoms with van der Waals surface area (Å²) in [6.45, 7) is 4.76. The Morgan fingerprint density at radius 1 is 1.29 bits per heavy atom. The molecule has 0 spiro atoms. The summed E-state index contributed by atoms with van der Waals surface area (Å²) in [5.41, 5.74) is -5.34. The molecule has 14 heavy (non-hydrogen) atoms. The molecule has 0 radical (unpaired) electrons. The molecule has 0 aliphatic heterocycles. The van der Waals surface area contributed by atoms with Crippen molar-refractivity contribution in [2.45, 2.75) is 38.8 Å². The van der Waals surface area contributed by atoms with Gasteiger partial charge < -0.3 is 0 Å². The van der Waals surface area contributed by atoms with Crippen LogP contribution in [0.1, 0.15) is 27.2 Å². The first-order valence-electron chi connectivity index (χ1n) is 4.11. The summed E-state index contributed by atoms with van der Waals surface area (Å²) in [7, 11) is -5.45. The molecule has 86 valence electrons. The molecule has 0 fully saturated rings. The van der Waals surface area contributed by atoms with Gasteiger partial charge in [-0.15, -0.1) is 0 Å². The molecule has 7 heteroatoms. The van der Waals surface area contributed by atoms with Crippen molar-refractivity contribution in [3.8, 4) is 0 Å². The Morgan fingerprint density at radius 2 is 1.71 bits per heavy atom. The Kier molecular flexibility index (Phi) is 4.38. The predicted octanol–water partition coefficient (Wildman–Crippen LogP) is 2.29. The lowest BCUT2D eigenvalue weighted by molar-refractivity contribution is -0.0590. The summed E-state index contributed by atoms with van der Waals surface area (Å²) in [4.78, 5) is 0. The van der Waals surface area contributed by atoms with E-state index in [1.165, 1.54) is 0 Å². The van der Waals surface area contributed by atoms with Crippen LogP contribution in [-0.4, -0.2) is 20.0 Å². The topological polar surface area (TPSA) is 43.4 Å². The van der Waals surface area contributed by atoms with Gasteiger partial charge in [0.2, 0.25) is 0 Å². The van der Waals surface area contributed by atoms with Crippen LogP contribution in [0.15, 0.2) is 0 Å². The SMILES string of the molecule is CCC(OS(=O)(=O)C(F)(F)F)C(C)C. The summed E-state index contributed by atoms with van der Waals surface area (Å²) in [5, 5.41) is 0. The van der Waals surface area contributed by atoms with Crippen LogP contribution in [0, 0.1) is 5.92 Å². The number of halogens is 3. The van der Waals surface area contributed by atoms with Crippen LogP contribution in [0.4, 0.5) is 13.2 Å². The Bertz CT molecular complexity index is 268. The first-order valence-corrected chi connectivity index (χ1v) is 5.52. The summed E-state index contributed by atoms with van der Waals surface area (Å²) in [6, 6.07) is 0. The van der Waals surface area contributed by atoms with Gasteiger partial charge >= 0.3 is 15.6 Å². The second-order valence-electron chi connectivity index (χ2n) is 3.19. The van der Waals surface area contributed by atoms with Gasteiger partial charge in [0.25, 0.3) is 0 Å². The summed E-state index contributed by atoms with van der Waals surface area (Å²) in [6.07, 6.45) is -0.714. The van der Waals surface area contributed by atoms with E-state index in [0.717, 1.165) is 0 Å². The van der Waals surface area contributed by atoms with Gasteiger partial charge in [-0.05, 0) is 12.3 Å². The second-order valence-corrected chi connectivity index (χ2v) is 4.75. The highest BCUT2D eigenvalue weighted by atomic mass is 32.2. The zero-order valence-electron chi connectivity index (χ0n) is 8.13. The Labute approximate surface area is 81.4 Å². The van der Waals surface area contributed by atoms with E-state index in [-0.39, 0.29) is 12.3 Å². The monoisotopic (exact) mass is 234 g/mol. The normalized spacial score (nSPS) is 15.9. The summed E-state index contributed by atoms with van der Waals surface area (Å²) < 4.78 is 60.9. The van der Waals surface area contributed by atoms with Crippen LogP contribution in [-0.2, 0) is 14.3 Å². The van der Waals surface area contributed by atoms with E-state index in [4.69, 9.17) is 0 Å². The van der Waals surface area contributed by atoms with Crippen LogP contribution in [0.5, 0.6) is 0 Å². The Morgan fingerprint density at radius 3 is 1.93 bits per heavy atom. The standard InChI is InChI=1S/C7H13F3O3S/c1-4-6(5(2)3)13-14(11,12)7(8,9)10/h5-6H,4H2,1-3H3. The molecule has 0 aromatic heterocycles. The molecule has 0 aromatic rings. The Balaban J connectivity index is 4.67. The molecule has 0 amide bonds. The van der Waals surface area contributed by atoms with Crippen LogP contribution in [0.2, 0.25) is 0 Å². The van der Waals surface area contributed by atoms with Gasteiger partial charge in [0, 0.05) is 0 Å². The molecule has 3 nitrogen and oxygen atoms in total. The lowest BCUT2D eigenvalue weighted by atomic mass is 10.1. The van der Waals surface area contributed by atoms with Gasteiger partial charge in [0.1, 0.15) is 0 Å². The molecule has 0 aliphatic carbocycles. The molecule has 1 atom stereocenters. The van der Waals surface area contributed by atoms with Crippen molar-refractivity contribution in [3.05, 3.63) is 0 Å². The van der Waals surface area contributed by atoms with Gasteiger partial charge in [0.05, 0.1) is 6.10 Å². The van der Waals surface area contributed by atoms with Crippen molar-refractivity contribution < 1.29 is 25.8 Å². The largest absolute Gasteiger partial charge is 0.523 e. The highest BCUT2D eigenvalue weighted by molar-refractivity contribution is 7.87. The second kappa shape index (κ2) is 4.48. The number of alkyl halides is 3. The Hall–Kier alpha value is -0.300. The van der Waals surface area contributed by atoms with E-state index in [1.807, 2.05) is 0 Å². The van der Waals surface area contributed by atoms with Gasteiger partial charge in [-0.1, -0.05) is 20.8 Å². The van der Waals surface area contributed by atoms with Crippen molar-refractivity contribution in [2.75, 3.05) is 0 Å². The fourth-order valence-corrected chi connectivity index (χ4v) is 1.66. The lowest BCUT2D eigenvalue weighted by Gasteiger charge is -2.19. The molecule has 0 saturated carbocycles. The summed E-state index contributed by atoms with van der Waals surface area (Å²) in [5.74, 6) is -0.280. The highest BCUT2D eigenvalue weighted by Crippen LogP contribution is 2.27. The maximum absolute atomic E-state index is 11.9. The van der Waals surface area contributed by atoms with Crippen LogP contribution in [0.25, 0.3) is 0 Å². The number of hydrogen-bond donors (Lipinski definition) is 0. The highest BCUT2D eigenvalue weighted by Gasteiger charge is 2.48. The van der Waals surface area contributed by atoms with Crippen molar-refractivity contribution >= 4 is 10.1 Å². The molecule has 0 rings (SSSR count). The zero-order chi connectivity index (χ0) is 11.6. The van der Waals surface area contributed by atoms with E-state index in [0.29, 0.717) is 0 Å². The average Bonchev–Trinajstić information content (AvgIpc) is 1.97. The van der Waals surface area contributed by atoms with Crippen LogP contribution in [0.3, 0.4) is 0 Å². The van der Waals surface area contributed by atoms with Crippen molar-refractivity contribution in [3.63, 3.8) is 0 Å². The van der Waals surface area contributed by atoms with E-state index in [2.05, 4.69) is 4.18 Å². The van der Waals surface area contributed by atoms with Crippen LogP contribution >= 0.6 is 0 Å². The minimum absolute atomic E-state index is 0.215. The fraction of sp³-hybridized carbons (Fsp3) is 1.00. The zero-order valence-corrected chi connectivity index (χ0v) is 8.95. The molecule has 0 bridgehead atoms. The maximum Gasteiger partial charge on any atom is 0.523 e. The third-order valence-corrected chi connectivity index (χ3v) is 2.75. The molecular weight excluding hydrogens is 221 g/mol. The molecule has 0 heterocycles. The third-order valence-electron chi connectivity index (χ3n) is 1.68. The maximum atomic E-state index is 11.9. The molecule has 0 aromatic carbocycles. The van der Waals surface area contributed by atoms with Crippen molar-refractivity contribution in [2.24, 2.45) is 5.92 Å². The molecule has 0 N–H and O–H groups in total. The average molecular weight is 234 g/mol. The third kappa shape index (κ3) is 3.45. The van der Waals surface area contributed by atoms with Gasteiger partial charge in [-0.2, -0.15) is 21.6 Å². The van der Waals surface area contributed by atoms with Gasteiger partial charge in [0.15, 0.2) is 0 Å². The number of rotatable bonds is 4. The van der Waals surface area contributed by atoms with E-state index in [1.54, 1.807) is 20.8 Å². The van der Waals surface area contributed by atoms with Crippen molar-refractivity contribution in [1.29, 1.82) is 0 Å². The van der Waals surface area contributed by atoms with Crippen LogP contribution < -0.4 is 0 Å². The van der Waals surface area contributed by atoms with Gasteiger partial charge in [-0.25, -0.2) is 0 Å². The van der Waals surface area contributed by atoms with E-state index < -0.39 is 21.7 Å². The number of hydrogen-bond acceptors (Lipinski definition) is 3. The molecule has 1 unspecified atom stereocenters. The lowest BCUT2D eigenvalue weighted by Crippen LogP contribution is -2.32. The molecule has 0 aliphatic rings. The minimum Gasteiger partial charge on any atom is -0.260 e. The fourth-order valence-electron chi connectivity index (χ4n) is 0.868. The minimum atomic E-state index is -5.45. The van der Waals surface area contributed by atoms with E-state index >= 15 is 0 Å². The predicted molar refractivity (Wildman–Crippen MR) is 45.0 cm³/mol. The quantitative estimate of drug-likeness (QED) is 0.553.